The smallest absolute Gasteiger partial charge is 0.251 e. The van der Waals surface area contributed by atoms with Crippen LogP contribution in [-0.2, 0) is 11.3 Å². The molecule has 0 bridgehead atoms. The molecule has 2 N–H and O–H groups in total. The van der Waals surface area contributed by atoms with Gasteiger partial charge in [-0.15, -0.1) is 0 Å². The summed E-state index contributed by atoms with van der Waals surface area (Å²) < 4.78 is 18.6. The van der Waals surface area contributed by atoms with Crippen LogP contribution in [0.4, 0.5) is 4.39 Å². The lowest BCUT2D eigenvalue weighted by Gasteiger charge is -2.07. The first-order valence-electron chi connectivity index (χ1n) is 6.35. The quantitative estimate of drug-likeness (QED) is 0.778. The second kappa shape index (κ2) is 7.44. The summed E-state index contributed by atoms with van der Waals surface area (Å²) in [5.41, 5.74) is 0.994. The molecule has 1 heterocycles. The summed E-state index contributed by atoms with van der Waals surface area (Å²) in [6, 6.07) is 5.66. The molecule has 0 amide bonds. The fourth-order valence-corrected chi connectivity index (χ4v) is 2.34. The van der Waals surface area contributed by atoms with E-state index in [-0.39, 0.29) is 11.4 Å². The third-order valence-electron chi connectivity index (χ3n) is 2.77. The maximum Gasteiger partial charge on any atom is 0.251 e. The Morgan fingerprint density at radius 1 is 1.43 bits per heavy atom. The van der Waals surface area contributed by atoms with Gasteiger partial charge in [-0.25, -0.2) is 9.37 Å². The molecule has 0 aliphatic carbocycles. The summed E-state index contributed by atoms with van der Waals surface area (Å²) in [6.45, 7) is 1.71. The number of ether oxygens (including phenoxy) is 1. The standard InChI is InChI=1S/C14H15BrFN3O2/c1-21-5-4-17-8-10-7-13(20)19-14(18-10)11-3-2-9(16)6-12(11)15/h2-3,6-7,17H,4-5,8H2,1H3,(H,18,19,20). The topological polar surface area (TPSA) is 67.0 Å². The molecule has 0 atom stereocenters. The average Bonchev–Trinajstić information content (AvgIpc) is 2.43. The van der Waals surface area contributed by atoms with Gasteiger partial charge in [0.05, 0.1) is 12.3 Å². The number of aromatic amines is 1. The Morgan fingerprint density at radius 3 is 2.95 bits per heavy atom. The summed E-state index contributed by atoms with van der Waals surface area (Å²) in [5.74, 6) is 0.0447. The molecule has 0 spiro atoms. The van der Waals surface area contributed by atoms with Gasteiger partial charge in [0.15, 0.2) is 0 Å². The van der Waals surface area contributed by atoms with E-state index in [1.54, 1.807) is 13.2 Å². The molecule has 0 aliphatic rings. The molecule has 112 valence electrons. The Morgan fingerprint density at radius 2 is 2.24 bits per heavy atom. The van der Waals surface area contributed by atoms with Crippen LogP contribution >= 0.6 is 15.9 Å². The third kappa shape index (κ3) is 4.45. The van der Waals surface area contributed by atoms with Crippen molar-refractivity contribution in [1.29, 1.82) is 0 Å². The molecule has 2 rings (SSSR count). The van der Waals surface area contributed by atoms with Crippen LogP contribution in [0.2, 0.25) is 0 Å². The van der Waals surface area contributed by atoms with Crippen LogP contribution in [0.1, 0.15) is 5.69 Å². The summed E-state index contributed by atoms with van der Waals surface area (Å²) in [7, 11) is 1.62. The second-order valence-electron chi connectivity index (χ2n) is 4.38. The van der Waals surface area contributed by atoms with Crippen molar-refractivity contribution in [2.45, 2.75) is 6.54 Å². The van der Waals surface area contributed by atoms with Gasteiger partial charge >= 0.3 is 0 Å². The maximum absolute atomic E-state index is 13.1. The molecule has 7 heteroatoms. The SMILES string of the molecule is COCCNCc1cc(=O)[nH]c(-c2ccc(F)cc2Br)n1. The number of hydrogen-bond donors (Lipinski definition) is 2. The molecular weight excluding hydrogens is 341 g/mol. The molecule has 2 aromatic rings. The van der Waals surface area contributed by atoms with Crippen molar-refractivity contribution in [1.82, 2.24) is 15.3 Å². The first-order valence-corrected chi connectivity index (χ1v) is 7.15. The van der Waals surface area contributed by atoms with E-state index >= 15 is 0 Å². The van der Waals surface area contributed by atoms with Crippen LogP contribution in [0.15, 0.2) is 33.5 Å². The van der Waals surface area contributed by atoms with E-state index in [9.17, 15) is 9.18 Å². The molecule has 5 nitrogen and oxygen atoms in total. The van der Waals surface area contributed by atoms with Gasteiger partial charge < -0.3 is 15.0 Å². The Balaban J connectivity index is 2.24. The Hall–Kier alpha value is -1.57. The van der Waals surface area contributed by atoms with E-state index in [0.717, 1.165) is 0 Å². The minimum atomic E-state index is -0.356. The van der Waals surface area contributed by atoms with Crippen LogP contribution in [0.3, 0.4) is 0 Å². The van der Waals surface area contributed by atoms with E-state index in [0.29, 0.717) is 41.3 Å². The van der Waals surface area contributed by atoms with Gasteiger partial charge in [-0.3, -0.25) is 4.79 Å². The number of rotatable bonds is 6. The van der Waals surface area contributed by atoms with Crippen molar-refractivity contribution in [3.05, 3.63) is 50.6 Å². The van der Waals surface area contributed by atoms with Gasteiger partial charge in [-0.05, 0) is 34.1 Å². The van der Waals surface area contributed by atoms with Crippen LogP contribution in [0.25, 0.3) is 11.4 Å². The summed E-state index contributed by atoms with van der Waals surface area (Å²) in [6.07, 6.45) is 0. The zero-order valence-corrected chi connectivity index (χ0v) is 13.0. The van der Waals surface area contributed by atoms with Crippen LogP contribution in [-0.4, -0.2) is 30.2 Å². The molecule has 0 radical (unpaired) electrons. The number of methoxy groups -OCH3 is 1. The Labute approximate surface area is 129 Å². The van der Waals surface area contributed by atoms with E-state index in [1.807, 2.05) is 0 Å². The van der Waals surface area contributed by atoms with E-state index in [1.165, 1.54) is 18.2 Å². The van der Waals surface area contributed by atoms with Crippen LogP contribution in [0, 0.1) is 5.82 Å². The fourth-order valence-electron chi connectivity index (χ4n) is 1.80. The number of benzene rings is 1. The summed E-state index contributed by atoms with van der Waals surface area (Å²) in [5, 5.41) is 3.12. The van der Waals surface area contributed by atoms with Crippen molar-refractivity contribution < 1.29 is 9.13 Å². The highest BCUT2D eigenvalue weighted by Crippen LogP contribution is 2.25. The third-order valence-corrected chi connectivity index (χ3v) is 3.43. The van der Waals surface area contributed by atoms with Crippen molar-refractivity contribution in [2.75, 3.05) is 20.3 Å². The highest BCUT2D eigenvalue weighted by Gasteiger charge is 2.08. The first-order chi connectivity index (χ1) is 10.1. The molecule has 1 aromatic carbocycles. The van der Waals surface area contributed by atoms with Crippen LogP contribution < -0.4 is 10.9 Å². The summed E-state index contributed by atoms with van der Waals surface area (Å²) >= 11 is 3.27. The predicted octanol–water partition coefficient (Wildman–Crippen LogP) is 2.07. The highest BCUT2D eigenvalue weighted by atomic mass is 79.9. The van der Waals surface area contributed by atoms with E-state index in [2.05, 4.69) is 31.2 Å². The van der Waals surface area contributed by atoms with Crippen molar-refractivity contribution in [2.24, 2.45) is 0 Å². The molecule has 0 unspecified atom stereocenters. The zero-order chi connectivity index (χ0) is 15.2. The van der Waals surface area contributed by atoms with Gasteiger partial charge in [0.1, 0.15) is 11.6 Å². The number of nitrogens with zero attached hydrogens (tertiary/aromatic N) is 1. The molecule has 0 saturated heterocycles. The molecular formula is C14H15BrFN3O2. The highest BCUT2D eigenvalue weighted by molar-refractivity contribution is 9.10. The van der Waals surface area contributed by atoms with Crippen LogP contribution in [0.5, 0.6) is 0 Å². The maximum atomic E-state index is 13.1. The first kappa shape index (κ1) is 15.8. The zero-order valence-electron chi connectivity index (χ0n) is 11.5. The van der Waals surface area contributed by atoms with Crippen molar-refractivity contribution in [3.63, 3.8) is 0 Å². The minimum absolute atomic E-state index is 0.250. The molecule has 1 aromatic heterocycles. The average molecular weight is 356 g/mol. The number of aromatic nitrogens is 2. The Kier molecular flexibility index (Phi) is 5.60. The van der Waals surface area contributed by atoms with E-state index < -0.39 is 0 Å². The van der Waals surface area contributed by atoms with Gasteiger partial charge in [0.2, 0.25) is 0 Å². The fraction of sp³-hybridized carbons (Fsp3) is 0.286. The molecule has 21 heavy (non-hydrogen) atoms. The number of H-pyrrole nitrogens is 1. The normalized spacial score (nSPS) is 10.8. The molecule has 0 aliphatic heterocycles. The Bertz CT molecular complexity index is 676. The van der Waals surface area contributed by atoms with Crippen molar-refractivity contribution in [3.8, 4) is 11.4 Å². The van der Waals surface area contributed by atoms with Gasteiger partial charge in [0, 0.05) is 36.3 Å². The van der Waals surface area contributed by atoms with Gasteiger partial charge in [0.25, 0.3) is 5.56 Å². The monoisotopic (exact) mass is 355 g/mol. The second-order valence-corrected chi connectivity index (χ2v) is 5.23. The number of halogens is 2. The largest absolute Gasteiger partial charge is 0.383 e. The molecule has 0 saturated carbocycles. The lowest BCUT2D eigenvalue weighted by molar-refractivity contribution is 0.199. The minimum Gasteiger partial charge on any atom is -0.383 e. The molecule has 0 fully saturated rings. The lowest BCUT2D eigenvalue weighted by atomic mass is 10.2. The summed E-state index contributed by atoms with van der Waals surface area (Å²) in [4.78, 5) is 18.7. The van der Waals surface area contributed by atoms with Gasteiger partial charge in [-0.1, -0.05) is 0 Å². The van der Waals surface area contributed by atoms with E-state index in [4.69, 9.17) is 4.74 Å². The lowest BCUT2D eigenvalue weighted by Crippen LogP contribution is -2.21. The van der Waals surface area contributed by atoms with Gasteiger partial charge in [-0.2, -0.15) is 0 Å². The number of hydrogen-bond acceptors (Lipinski definition) is 4. The van der Waals surface area contributed by atoms with Crippen molar-refractivity contribution >= 4 is 15.9 Å². The number of nitrogens with one attached hydrogen (secondary N) is 2. The predicted molar refractivity (Wildman–Crippen MR) is 81.5 cm³/mol.